The summed E-state index contributed by atoms with van der Waals surface area (Å²) >= 11 is 3.19. The van der Waals surface area contributed by atoms with Crippen molar-refractivity contribution < 1.29 is 14.6 Å². The molecule has 0 bridgehead atoms. The molecular formula is C11H15BrClNO3. The van der Waals surface area contributed by atoms with Crippen molar-refractivity contribution in [1.82, 2.24) is 0 Å². The summed E-state index contributed by atoms with van der Waals surface area (Å²) in [6, 6.07) is 4.49. The Balaban J connectivity index is 0.00000256. The number of rotatable bonds is 4. The fourth-order valence-electron chi connectivity index (χ4n) is 1.27. The lowest BCUT2D eigenvalue weighted by atomic mass is 10.0. The first-order valence-electron chi connectivity index (χ1n) is 4.94. The van der Waals surface area contributed by atoms with Crippen LogP contribution in [0.15, 0.2) is 22.7 Å². The highest BCUT2D eigenvalue weighted by Crippen LogP contribution is 2.27. The number of halogens is 2. The zero-order chi connectivity index (χ0) is 12.1. The van der Waals surface area contributed by atoms with Gasteiger partial charge in [-0.25, -0.2) is 0 Å². The molecular weight excluding hydrogens is 309 g/mol. The smallest absolute Gasteiger partial charge is 0.307 e. The summed E-state index contributed by atoms with van der Waals surface area (Å²) in [6.45, 7) is 2.10. The minimum absolute atomic E-state index is 0. The third-order valence-electron chi connectivity index (χ3n) is 2.09. The molecule has 0 aliphatic heterocycles. The molecule has 0 spiro atoms. The normalized spacial score (nSPS) is 11.5. The third-order valence-corrected chi connectivity index (χ3v) is 2.73. The molecule has 0 radical (unpaired) electrons. The lowest BCUT2D eigenvalue weighted by Crippen LogP contribution is -2.17. The van der Waals surface area contributed by atoms with Crippen molar-refractivity contribution in [2.75, 3.05) is 6.61 Å². The van der Waals surface area contributed by atoms with Crippen LogP contribution in [0.3, 0.4) is 0 Å². The number of aromatic hydroxyl groups is 1. The minimum atomic E-state index is -0.420. The van der Waals surface area contributed by atoms with Gasteiger partial charge >= 0.3 is 5.97 Å². The van der Waals surface area contributed by atoms with E-state index in [1.54, 1.807) is 19.1 Å². The standard InChI is InChI=1S/C11H14BrNO3.ClH/c1-2-16-11(15)6-9(13)7-3-4-10(14)8(12)5-7;/h3-5,9,14H,2,6,13H2,1H3;1H/t9-;/m0./s1. The third kappa shape index (κ3) is 4.93. The number of benzene rings is 1. The van der Waals surface area contributed by atoms with Crippen LogP contribution in [0.4, 0.5) is 0 Å². The van der Waals surface area contributed by atoms with Crippen LogP contribution in [0.1, 0.15) is 24.9 Å². The molecule has 3 N–H and O–H groups in total. The van der Waals surface area contributed by atoms with Crippen LogP contribution >= 0.6 is 28.3 Å². The Bertz CT molecular complexity index is 387. The Morgan fingerprint density at radius 3 is 2.76 bits per heavy atom. The van der Waals surface area contributed by atoms with Crippen LogP contribution in [-0.4, -0.2) is 17.7 Å². The number of phenolic OH excluding ortho intramolecular Hbond substituents is 1. The van der Waals surface area contributed by atoms with Gasteiger partial charge in [-0.05, 0) is 40.5 Å². The molecule has 96 valence electrons. The van der Waals surface area contributed by atoms with Crippen LogP contribution in [0, 0.1) is 0 Å². The quantitative estimate of drug-likeness (QED) is 0.835. The Morgan fingerprint density at radius 2 is 2.24 bits per heavy atom. The number of hydrogen-bond donors (Lipinski definition) is 2. The summed E-state index contributed by atoms with van der Waals surface area (Å²) in [5, 5.41) is 9.31. The van der Waals surface area contributed by atoms with Crippen LogP contribution in [0.25, 0.3) is 0 Å². The first kappa shape index (κ1) is 16.2. The van der Waals surface area contributed by atoms with Crippen molar-refractivity contribution in [2.45, 2.75) is 19.4 Å². The molecule has 0 amide bonds. The molecule has 6 heteroatoms. The predicted octanol–water partition coefficient (Wildman–Crippen LogP) is 2.53. The highest BCUT2D eigenvalue weighted by molar-refractivity contribution is 9.10. The predicted molar refractivity (Wildman–Crippen MR) is 71.2 cm³/mol. The second-order valence-corrected chi connectivity index (χ2v) is 4.18. The van der Waals surface area contributed by atoms with Gasteiger partial charge in [0.15, 0.2) is 0 Å². The van der Waals surface area contributed by atoms with Gasteiger partial charge in [0.2, 0.25) is 0 Å². The van der Waals surface area contributed by atoms with E-state index in [0.29, 0.717) is 11.1 Å². The van der Waals surface area contributed by atoms with Crippen molar-refractivity contribution >= 4 is 34.3 Å². The van der Waals surface area contributed by atoms with Crippen molar-refractivity contribution in [3.8, 4) is 5.75 Å². The number of phenols is 1. The van der Waals surface area contributed by atoms with Crippen molar-refractivity contribution in [2.24, 2.45) is 5.73 Å². The minimum Gasteiger partial charge on any atom is -0.507 e. The monoisotopic (exact) mass is 323 g/mol. The van der Waals surface area contributed by atoms with E-state index in [-0.39, 0.29) is 30.5 Å². The number of esters is 1. The lowest BCUT2D eigenvalue weighted by Gasteiger charge is -2.11. The highest BCUT2D eigenvalue weighted by Gasteiger charge is 2.13. The summed E-state index contributed by atoms with van der Waals surface area (Å²) in [5.41, 5.74) is 6.62. The first-order valence-corrected chi connectivity index (χ1v) is 5.73. The SMILES string of the molecule is CCOC(=O)C[C@H](N)c1ccc(O)c(Br)c1.Cl. The number of nitrogens with two attached hydrogens (primary N) is 1. The molecule has 1 aromatic carbocycles. The fourth-order valence-corrected chi connectivity index (χ4v) is 1.67. The van der Waals surface area contributed by atoms with E-state index in [9.17, 15) is 9.90 Å². The van der Waals surface area contributed by atoms with Gasteiger partial charge in [-0.3, -0.25) is 4.79 Å². The van der Waals surface area contributed by atoms with Crippen LogP contribution < -0.4 is 5.73 Å². The Hall–Kier alpha value is -0.780. The van der Waals surface area contributed by atoms with Crippen LogP contribution in [0.5, 0.6) is 5.75 Å². The topological polar surface area (TPSA) is 72.5 Å². The summed E-state index contributed by atoms with van der Waals surface area (Å²) in [6.07, 6.45) is 0.130. The maximum absolute atomic E-state index is 11.2. The zero-order valence-electron chi connectivity index (χ0n) is 9.35. The molecule has 0 unspecified atom stereocenters. The lowest BCUT2D eigenvalue weighted by molar-refractivity contribution is -0.143. The van der Waals surface area contributed by atoms with Gasteiger partial charge in [0.05, 0.1) is 17.5 Å². The Morgan fingerprint density at radius 1 is 1.59 bits per heavy atom. The Labute approximate surface area is 115 Å². The molecule has 0 aromatic heterocycles. The summed E-state index contributed by atoms with van der Waals surface area (Å²) in [7, 11) is 0. The number of carbonyl (C=O) groups is 1. The van der Waals surface area contributed by atoms with E-state index >= 15 is 0 Å². The maximum atomic E-state index is 11.2. The fraction of sp³-hybridized carbons (Fsp3) is 0.364. The van der Waals surface area contributed by atoms with Gasteiger partial charge in [-0.15, -0.1) is 12.4 Å². The van der Waals surface area contributed by atoms with Crippen LogP contribution in [0.2, 0.25) is 0 Å². The van der Waals surface area contributed by atoms with E-state index in [4.69, 9.17) is 10.5 Å². The number of ether oxygens (including phenoxy) is 1. The van der Waals surface area contributed by atoms with Crippen molar-refractivity contribution in [1.29, 1.82) is 0 Å². The Kier molecular flexibility index (Phi) is 7.18. The second-order valence-electron chi connectivity index (χ2n) is 3.33. The van der Waals surface area contributed by atoms with Crippen molar-refractivity contribution in [3.05, 3.63) is 28.2 Å². The van der Waals surface area contributed by atoms with Crippen molar-refractivity contribution in [3.63, 3.8) is 0 Å². The summed E-state index contributed by atoms with van der Waals surface area (Å²) in [5.74, 6) is -0.175. The van der Waals surface area contributed by atoms with E-state index in [1.165, 1.54) is 6.07 Å². The summed E-state index contributed by atoms with van der Waals surface area (Å²) in [4.78, 5) is 11.2. The van der Waals surface area contributed by atoms with Gasteiger partial charge in [0.25, 0.3) is 0 Å². The van der Waals surface area contributed by atoms with Gasteiger partial charge < -0.3 is 15.6 Å². The van der Waals surface area contributed by atoms with Gasteiger partial charge in [-0.2, -0.15) is 0 Å². The highest BCUT2D eigenvalue weighted by atomic mass is 79.9. The molecule has 0 aliphatic carbocycles. The molecule has 1 aromatic rings. The largest absolute Gasteiger partial charge is 0.507 e. The van der Waals surface area contributed by atoms with Gasteiger partial charge in [-0.1, -0.05) is 6.07 Å². The zero-order valence-corrected chi connectivity index (χ0v) is 11.8. The first-order chi connectivity index (χ1) is 7.54. The average Bonchev–Trinajstić information content (AvgIpc) is 2.22. The molecule has 0 heterocycles. The molecule has 0 saturated carbocycles. The number of hydrogen-bond acceptors (Lipinski definition) is 4. The van der Waals surface area contributed by atoms with E-state index in [1.807, 2.05) is 0 Å². The molecule has 1 rings (SSSR count). The van der Waals surface area contributed by atoms with Gasteiger partial charge in [0.1, 0.15) is 5.75 Å². The second kappa shape index (κ2) is 7.53. The molecule has 1 atom stereocenters. The molecule has 0 saturated heterocycles. The van der Waals surface area contributed by atoms with Gasteiger partial charge in [0, 0.05) is 6.04 Å². The maximum Gasteiger partial charge on any atom is 0.307 e. The average molecular weight is 325 g/mol. The molecule has 0 fully saturated rings. The van der Waals surface area contributed by atoms with Crippen LogP contribution in [-0.2, 0) is 9.53 Å². The molecule has 0 aliphatic rings. The summed E-state index contributed by atoms with van der Waals surface area (Å²) < 4.78 is 5.37. The van der Waals surface area contributed by atoms with E-state index < -0.39 is 6.04 Å². The molecule has 17 heavy (non-hydrogen) atoms. The molecule has 4 nitrogen and oxygen atoms in total. The van der Waals surface area contributed by atoms with E-state index in [0.717, 1.165) is 5.56 Å². The number of carbonyl (C=O) groups excluding carboxylic acids is 1. The van der Waals surface area contributed by atoms with E-state index in [2.05, 4.69) is 15.9 Å².